The highest BCUT2D eigenvalue weighted by Crippen LogP contribution is 2.35. The normalized spacial score (nSPS) is 21.2. The predicted octanol–water partition coefficient (Wildman–Crippen LogP) is 3.15. The Morgan fingerprint density at radius 3 is 2.53 bits per heavy atom. The minimum Gasteiger partial charge on any atom is -0.464 e. The van der Waals surface area contributed by atoms with Crippen LogP contribution in [0.4, 0.5) is 5.69 Å². The number of aryl methyl sites for hydroxylation is 2. The van der Waals surface area contributed by atoms with Crippen LogP contribution in [-0.4, -0.2) is 46.3 Å². The zero-order valence-electron chi connectivity index (χ0n) is 19.1. The van der Waals surface area contributed by atoms with Crippen LogP contribution >= 0.6 is 0 Å². The zero-order chi connectivity index (χ0) is 23.0. The molecule has 1 saturated carbocycles. The molecule has 0 saturated heterocycles. The smallest absolute Gasteiger partial charge is 0.358 e. The highest BCUT2D eigenvalue weighted by Gasteiger charge is 2.50. The van der Waals surface area contributed by atoms with Gasteiger partial charge in [0.05, 0.1) is 13.7 Å². The maximum absolute atomic E-state index is 13.7. The lowest BCUT2D eigenvalue weighted by atomic mass is 9.90. The van der Waals surface area contributed by atoms with Crippen molar-refractivity contribution in [1.82, 2.24) is 15.1 Å². The first kappa shape index (κ1) is 22.0. The van der Waals surface area contributed by atoms with Crippen molar-refractivity contribution in [2.45, 2.75) is 71.0 Å². The molecular weight excluding hydrogens is 408 g/mol. The molecule has 2 aromatic rings. The van der Waals surface area contributed by atoms with Crippen molar-refractivity contribution in [3.8, 4) is 0 Å². The second-order valence-corrected chi connectivity index (χ2v) is 9.08. The van der Waals surface area contributed by atoms with Crippen LogP contribution in [0.3, 0.4) is 0 Å². The number of nitrogens with zero attached hydrogens (tertiary/aromatic N) is 3. The fourth-order valence-electron chi connectivity index (χ4n) is 4.81. The number of esters is 1. The van der Waals surface area contributed by atoms with Gasteiger partial charge in [-0.05, 0) is 45.2 Å². The summed E-state index contributed by atoms with van der Waals surface area (Å²) in [6, 6.07) is 7.34. The van der Waals surface area contributed by atoms with E-state index in [1.54, 1.807) is 11.8 Å². The number of fused-ring (bicyclic) bond motifs is 1. The van der Waals surface area contributed by atoms with Crippen LogP contribution in [0, 0.1) is 13.8 Å². The van der Waals surface area contributed by atoms with Crippen LogP contribution in [0.15, 0.2) is 24.3 Å². The summed E-state index contributed by atoms with van der Waals surface area (Å²) >= 11 is 0. The largest absolute Gasteiger partial charge is 0.464 e. The predicted molar refractivity (Wildman–Crippen MR) is 120 cm³/mol. The van der Waals surface area contributed by atoms with Gasteiger partial charge in [0.15, 0.2) is 5.69 Å². The van der Waals surface area contributed by atoms with E-state index in [4.69, 9.17) is 4.74 Å². The Labute approximate surface area is 187 Å². The molecule has 32 heavy (non-hydrogen) atoms. The highest BCUT2D eigenvalue weighted by molar-refractivity contribution is 6.12. The average molecular weight is 439 g/mol. The Morgan fingerprint density at radius 1 is 1.16 bits per heavy atom. The van der Waals surface area contributed by atoms with Gasteiger partial charge in [-0.3, -0.25) is 19.2 Å². The molecule has 0 radical (unpaired) electrons. The highest BCUT2D eigenvalue weighted by atomic mass is 16.5. The third-order valence-electron chi connectivity index (χ3n) is 6.57. The molecule has 1 fully saturated rings. The lowest BCUT2D eigenvalue weighted by Crippen LogP contribution is -2.65. The molecule has 0 spiro atoms. The molecule has 2 aliphatic rings. The lowest BCUT2D eigenvalue weighted by molar-refractivity contribution is -0.127. The number of hydrogen-bond acceptors (Lipinski definition) is 5. The molecule has 2 amide bonds. The molecule has 1 N–H and O–H groups in total. The van der Waals surface area contributed by atoms with Crippen LogP contribution < -0.4 is 10.2 Å². The van der Waals surface area contributed by atoms with Gasteiger partial charge >= 0.3 is 5.97 Å². The van der Waals surface area contributed by atoms with Crippen LogP contribution in [-0.2, 0) is 16.1 Å². The molecule has 1 aromatic heterocycles. The molecule has 1 aliphatic heterocycles. The van der Waals surface area contributed by atoms with Gasteiger partial charge in [0.25, 0.3) is 5.91 Å². The first-order chi connectivity index (χ1) is 15.2. The van der Waals surface area contributed by atoms with Gasteiger partial charge in [0.1, 0.15) is 11.2 Å². The number of carbonyl (C=O) groups is 3. The van der Waals surface area contributed by atoms with Gasteiger partial charge in [0.2, 0.25) is 5.91 Å². The Balaban J connectivity index is 1.78. The van der Waals surface area contributed by atoms with Crippen molar-refractivity contribution in [2.24, 2.45) is 0 Å². The molecule has 1 unspecified atom stereocenters. The van der Waals surface area contributed by atoms with E-state index in [-0.39, 0.29) is 35.8 Å². The molecule has 2 heterocycles. The number of anilines is 1. The van der Waals surface area contributed by atoms with E-state index >= 15 is 0 Å². The third kappa shape index (κ3) is 3.78. The maximum Gasteiger partial charge on any atom is 0.358 e. The maximum atomic E-state index is 13.7. The Hall–Kier alpha value is -3.16. The van der Waals surface area contributed by atoms with Gasteiger partial charge in [-0.25, -0.2) is 4.79 Å². The molecule has 1 aromatic carbocycles. The van der Waals surface area contributed by atoms with Gasteiger partial charge in [-0.2, -0.15) is 5.10 Å². The lowest BCUT2D eigenvalue weighted by Gasteiger charge is -2.44. The van der Waals surface area contributed by atoms with Crippen molar-refractivity contribution in [2.75, 3.05) is 12.0 Å². The molecule has 1 atom stereocenters. The SMILES string of the molecule is COC(=O)c1cc2n(n1)CC(C)(C(=O)NC1CCCCC1)N(c1ccc(C)cc1C)C2=O. The Bertz CT molecular complexity index is 1070. The Kier molecular flexibility index (Phi) is 5.79. The summed E-state index contributed by atoms with van der Waals surface area (Å²) in [7, 11) is 1.27. The second kappa shape index (κ2) is 8.41. The van der Waals surface area contributed by atoms with E-state index in [1.165, 1.54) is 24.3 Å². The minimum atomic E-state index is -1.21. The van der Waals surface area contributed by atoms with Crippen molar-refractivity contribution >= 4 is 23.5 Å². The number of aromatic nitrogens is 2. The standard InChI is InChI=1S/C24H30N4O4/c1-15-10-11-19(16(2)12-15)28-21(29)20-13-18(22(30)32-4)26-27(20)14-24(28,3)23(31)25-17-8-6-5-7-9-17/h10-13,17H,5-9,14H2,1-4H3,(H,25,31). The van der Waals surface area contributed by atoms with Crippen molar-refractivity contribution in [1.29, 1.82) is 0 Å². The number of nitrogens with one attached hydrogen (secondary N) is 1. The van der Waals surface area contributed by atoms with Crippen LogP contribution in [0.1, 0.15) is 71.1 Å². The summed E-state index contributed by atoms with van der Waals surface area (Å²) in [4.78, 5) is 41.0. The quantitative estimate of drug-likeness (QED) is 0.740. The summed E-state index contributed by atoms with van der Waals surface area (Å²) in [6.07, 6.45) is 5.25. The van der Waals surface area contributed by atoms with Gasteiger partial charge in [0, 0.05) is 17.8 Å². The van der Waals surface area contributed by atoms with Crippen LogP contribution in [0.25, 0.3) is 0 Å². The fourth-order valence-corrected chi connectivity index (χ4v) is 4.81. The van der Waals surface area contributed by atoms with E-state index in [0.717, 1.165) is 36.8 Å². The van der Waals surface area contributed by atoms with Gasteiger partial charge in [-0.15, -0.1) is 0 Å². The summed E-state index contributed by atoms with van der Waals surface area (Å²) in [5.41, 5.74) is 1.75. The number of methoxy groups -OCH3 is 1. The van der Waals surface area contributed by atoms with Crippen LogP contribution in [0.2, 0.25) is 0 Å². The number of hydrogen-bond donors (Lipinski definition) is 1. The summed E-state index contributed by atoms with van der Waals surface area (Å²) < 4.78 is 6.23. The average Bonchev–Trinajstić information content (AvgIpc) is 3.19. The molecule has 1 aliphatic carbocycles. The first-order valence-electron chi connectivity index (χ1n) is 11.1. The molecular formula is C24H30N4O4. The molecule has 8 heteroatoms. The molecule has 170 valence electrons. The van der Waals surface area contributed by atoms with Gasteiger partial charge in [-0.1, -0.05) is 37.0 Å². The number of rotatable bonds is 4. The van der Waals surface area contributed by atoms with E-state index in [9.17, 15) is 14.4 Å². The topological polar surface area (TPSA) is 93.5 Å². The van der Waals surface area contributed by atoms with E-state index in [1.807, 2.05) is 32.0 Å². The fraction of sp³-hybridized carbons (Fsp3) is 0.500. The number of ether oxygens (including phenoxy) is 1. The molecule has 8 nitrogen and oxygen atoms in total. The van der Waals surface area contributed by atoms with E-state index in [0.29, 0.717) is 5.69 Å². The van der Waals surface area contributed by atoms with Crippen LogP contribution in [0.5, 0.6) is 0 Å². The first-order valence-corrected chi connectivity index (χ1v) is 11.1. The second-order valence-electron chi connectivity index (χ2n) is 9.08. The summed E-state index contributed by atoms with van der Waals surface area (Å²) in [5, 5.41) is 7.46. The zero-order valence-corrected chi connectivity index (χ0v) is 19.1. The molecule has 4 rings (SSSR count). The van der Waals surface area contributed by atoms with E-state index < -0.39 is 11.5 Å². The number of amides is 2. The summed E-state index contributed by atoms with van der Waals surface area (Å²) in [5.74, 6) is -1.20. The number of benzene rings is 1. The summed E-state index contributed by atoms with van der Waals surface area (Å²) in [6.45, 7) is 5.82. The monoisotopic (exact) mass is 438 g/mol. The molecule has 0 bridgehead atoms. The Morgan fingerprint density at radius 2 is 1.88 bits per heavy atom. The van der Waals surface area contributed by atoms with Gasteiger partial charge < -0.3 is 10.1 Å². The number of carbonyl (C=O) groups excluding carboxylic acids is 3. The van der Waals surface area contributed by atoms with Crippen molar-refractivity contribution < 1.29 is 19.1 Å². The van der Waals surface area contributed by atoms with E-state index in [2.05, 4.69) is 10.4 Å². The van der Waals surface area contributed by atoms with Crippen molar-refractivity contribution in [3.05, 3.63) is 46.8 Å². The van der Waals surface area contributed by atoms with Crippen molar-refractivity contribution in [3.63, 3.8) is 0 Å². The minimum absolute atomic E-state index is 0.0494. The third-order valence-corrected chi connectivity index (χ3v) is 6.57.